The van der Waals surface area contributed by atoms with Crippen LogP contribution in [0.3, 0.4) is 0 Å². The summed E-state index contributed by atoms with van der Waals surface area (Å²) in [5.41, 5.74) is 3.85. The summed E-state index contributed by atoms with van der Waals surface area (Å²) in [5, 5.41) is 6.08. The number of hydrogen-bond donors (Lipinski definition) is 1. The van der Waals surface area contributed by atoms with Gasteiger partial charge in [0, 0.05) is 0 Å². The lowest BCUT2D eigenvalue weighted by Gasteiger charge is -1.99. The Kier molecular flexibility index (Phi) is 14.5. The highest BCUT2D eigenvalue weighted by molar-refractivity contribution is 5.48. The van der Waals surface area contributed by atoms with Gasteiger partial charge in [-0.1, -0.05) is 23.3 Å². The van der Waals surface area contributed by atoms with Gasteiger partial charge in [-0.25, -0.2) is 0 Å². The summed E-state index contributed by atoms with van der Waals surface area (Å²) in [5.74, 6) is 0. The van der Waals surface area contributed by atoms with E-state index in [2.05, 4.69) is 27.4 Å². The molecule has 0 aliphatic heterocycles. The predicted octanol–water partition coefficient (Wildman–Crippen LogP) is 2.75. The molecule has 0 aliphatic rings. The molecule has 0 aromatic carbocycles. The third-order valence-corrected chi connectivity index (χ3v) is 1.39. The van der Waals surface area contributed by atoms with Crippen molar-refractivity contribution in [3.63, 3.8) is 0 Å². The van der Waals surface area contributed by atoms with Gasteiger partial charge in [0.25, 0.3) is 0 Å². The maximum Gasteiger partial charge on any atom is -0.00788 e. The van der Waals surface area contributed by atoms with E-state index in [1.807, 2.05) is 6.92 Å². The Balaban J connectivity index is -0.000000177. The zero-order valence-corrected chi connectivity index (χ0v) is 8.78. The lowest BCUT2D eigenvalue weighted by molar-refractivity contribution is 0.824. The fraction of sp³-hybridized carbons (Fsp3) is 0.500. The Morgan fingerprint density at radius 3 is 1.42 bits per heavy atom. The average Bonchev–Trinajstić information content (AvgIpc) is 1.87. The Morgan fingerprint density at radius 1 is 1.17 bits per heavy atom. The second-order valence-corrected chi connectivity index (χ2v) is 2.69. The Morgan fingerprint density at radius 2 is 1.42 bits per heavy atom. The van der Waals surface area contributed by atoms with Crippen molar-refractivity contribution in [2.45, 2.75) is 34.6 Å². The van der Waals surface area contributed by atoms with Crippen molar-refractivity contribution in [3.05, 3.63) is 23.3 Å². The van der Waals surface area contributed by atoms with Gasteiger partial charge in [-0.05, 0) is 40.8 Å². The Hall–Kier alpha value is -0.890. The van der Waals surface area contributed by atoms with Crippen molar-refractivity contribution in [1.29, 1.82) is 5.41 Å². The third-order valence-electron chi connectivity index (χ3n) is 1.39. The molecule has 0 spiro atoms. The highest BCUT2D eigenvalue weighted by Gasteiger charge is 1.88. The highest BCUT2D eigenvalue weighted by Crippen LogP contribution is 2.09. The number of allylic oxidation sites excluding steroid dienone is 3. The van der Waals surface area contributed by atoms with Crippen LogP contribution in [0.25, 0.3) is 0 Å². The smallest absolute Gasteiger partial charge is 0.00788 e. The van der Waals surface area contributed by atoms with Crippen LogP contribution in [0.15, 0.2) is 23.3 Å². The van der Waals surface area contributed by atoms with Crippen LogP contribution in [0.1, 0.15) is 34.6 Å². The van der Waals surface area contributed by atoms with E-state index in [0.717, 1.165) is 0 Å². The maximum atomic E-state index is 6.08. The summed E-state index contributed by atoms with van der Waals surface area (Å²) < 4.78 is 0. The van der Waals surface area contributed by atoms with Gasteiger partial charge in [0.2, 0.25) is 0 Å². The molecule has 12 heavy (non-hydrogen) atoms. The zero-order valence-electron chi connectivity index (χ0n) is 8.78. The fourth-order valence-corrected chi connectivity index (χ4v) is 0.427. The van der Waals surface area contributed by atoms with E-state index >= 15 is 0 Å². The van der Waals surface area contributed by atoms with Crippen LogP contribution in [0, 0.1) is 5.41 Å². The first-order valence-electron chi connectivity index (χ1n) is 3.72. The first-order chi connectivity index (χ1) is 4.97. The van der Waals surface area contributed by atoms with Gasteiger partial charge in [0.05, 0.1) is 0 Å². The predicted molar refractivity (Wildman–Crippen MR) is 56.9 cm³/mol. The van der Waals surface area contributed by atoms with Crippen molar-refractivity contribution in [1.82, 2.24) is 0 Å². The Bertz CT molecular complexity index is 165. The number of nitrogens with one attached hydrogen (secondary N) is 1. The molecular formula is C10H21NO. The van der Waals surface area contributed by atoms with Crippen molar-refractivity contribution in [3.8, 4) is 0 Å². The van der Waals surface area contributed by atoms with Crippen molar-refractivity contribution in [2.24, 2.45) is 0 Å². The van der Waals surface area contributed by atoms with E-state index < -0.39 is 0 Å². The highest BCUT2D eigenvalue weighted by atomic mass is 16.0. The van der Waals surface area contributed by atoms with Gasteiger partial charge in [-0.15, -0.1) is 0 Å². The van der Waals surface area contributed by atoms with Gasteiger partial charge in [-0.3, -0.25) is 0 Å². The van der Waals surface area contributed by atoms with Crippen molar-refractivity contribution >= 4 is 6.21 Å². The maximum absolute atomic E-state index is 6.08. The minimum absolute atomic E-state index is 0. The molecule has 2 nitrogen and oxygen atoms in total. The second-order valence-electron chi connectivity index (χ2n) is 2.69. The molecule has 0 amide bonds. The lowest BCUT2D eigenvalue weighted by atomic mass is 10.1. The third kappa shape index (κ3) is 11.9. The fourth-order valence-electron chi connectivity index (χ4n) is 0.427. The SMILES string of the molecule is C=C(C)C(C)=C(C)C.CC=N.O. The van der Waals surface area contributed by atoms with Crippen molar-refractivity contribution < 1.29 is 5.48 Å². The Labute approximate surface area is 75.8 Å². The molecule has 0 radical (unpaired) electrons. The van der Waals surface area contributed by atoms with Crippen LogP contribution in [0.2, 0.25) is 0 Å². The molecular weight excluding hydrogens is 150 g/mol. The zero-order chi connectivity index (χ0) is 9.44. The monoisotopic (exact) mass is 171 g/mol. The van der Waals surface area contributed by atoms with E-state index in [-0.39, 0.29) is 5.48 Å². The number of hydrogen-bond acceptors (Lipinski definition) is 1. The van der Waals surface area contributed by atoms with Crippen LogP contribution in [0.5, 0.6) is 0 Å². The average molecular weight is 171 g/mol. The van der Waals surface area contributed by atoms with E-state index in [1.165, 1.54) is 22.9 Å². The van der Waals surface area contributed by atoms with Crippen molar-refractivity contribution in [2.75, 3.05) is 0 Å². The molecule has 0 unspecified atom stereocenters. The van der Waals surface area contributed by atoms with E-state index in [4.69, 9.17) is 5.41 Å². The summed E-state index contributed by atoms with van der Waals surface area (Å²) in [4.78, 5) is 0. The molecule has 0 atom stereocenters. The normalized spacial score (nSPS) is 6.75. The van der Waals surface area contributed by atoms with Gasteiger partial charge in [-0.2, -0.15) is 0 Å². The van der Waals surface area contributed by atoms with E-state index in [1.54, 1.807) is 6.92 Å². The van der Waals surface area contributed by atoms with Gasteiger partial charge >= 0.3 is 0 Å². The molecule has 2 heteroatoms. The largest absolute Gasteiger partial charge is 0.412 e. The van der Waals surface area contributed by atoms with Gasteiger partial charge < -0.3 is 10.9 Å². The van der Waals surface area contributed by atoms with Gasteiger partial charge in [0.1, 0.15) is 0 Å². The van der Waals surface area contributed by atoms with E-state index in [9.17, 15) is 0 Å². The summed E-state index contributed by atoms with van der Waals surface area (Å²) in [6, 6.07) is 0. The summed E-state index contributed by atoms with van der Waals surface area (Å²) in [7, 11) is 0. The quantitative estimate of drug-likeness (QED) is 0.466. The molecule has 0 saturated heterocycles. The van der Waals surface area contributed by atoms with Crippen LogP contribution in [-0.2, 0) is 0 Å². The first kappa shape index (κ1) is 17.3. The number of rotatable bonds is 1. The van der Waals surface area contributed by atoms with Crippen LogP contribution in [-0.4, -0.2) is 11.7 Å². The second kappa shape index (κ2) is 10.1. The minimum atomic E-state index is 0. The van der Waals surface area contributed by atoms with Crippen LogP contribution >= 0.6 is 0 Å². The summed E-state index contributed by atoms with van der Waals surface area (Å²) in [6.07, 6.45) is 1.25. The molecule has 0 aliphatic carbocycles. The minimum Gasteiger partial charge on any atom is -0.412 e. The summed E-state index contributed by atoms with van der Waals surface area (Å²) >= 11 is 0. The summed E-state index contributed by atoms with van der Waals surface area (Å²) in [6.45, 7) is 13.8. The molecule has 72 valence electrons. The van der Waals surface area contributed by atoms with Crippen LogP contribution in [0.4, 0.5) is 0 Å². The molecule has 0 heterocycles. The molecule has 0 saturated carbocycles. The van der Waals surface area contributed by atoms with Gasteiger partial charge in [0.15, 0.2) is 0 Å². The van der Waals surface area contributed by atoms with E-state index in [0.29, 0.717) is 0 Å². The lowest BCUT2D eigenvalue weighted by Crippen LogP contribution is -1.78. The molecule has 0 bridgehead atoms. The topological polar surface area (TPSA) is 55.4 Å². The molecule has 0 aromatic heterocycles. The molecule has 0 rings (SSSR count). The molecule has 0 aromatic rings. The molecule has 0 fully saturated rings. The standard InChI is InChI=1S/C8H14.C2H5N.H2O/c1-6(2)8(5)7(3)4;1-2-3;/h1H2,2-5H3;2-3H,1H3;1H2. The van der Waals surface area contributed by atoms with Crippen LogP contribution < -0.4 is 0 Å². The first-order valence-corrected chi connectivity index (χ1v) is 3.72. The molecule has 3 N–H and O–H groups in total.